The molecule has 2 aromatic rings. The van der Waals surface area contributed by atoms with Gasteiger partial charge in [-0.2, -0.15) is 0 Å². The summed E-state index contributed by atoms with van der Waals surface area (Å²) in [6, 6.07) is 12.8. The summed E-state index contributed by atoms with van der Waals surface area (Å²) in [5, 5.41) is 5.44. The Morgan fingerprint density at radius 3 is 2.25 bits per heavy atom. The largest absolute Gasteiger partial charge is 0.497 e. The Labute approximate surface area is 164 Å². The van der Waals surface area contributed by atoms with Gasteiger partial charge in [0.2, 0.25) is 11.8 Å². The van der Waals surface area contributed by atoms with Crippen molar-refractivity contribution in [1.82, 2.24) is 0 Å². The number of hydrogen-bond acceptors (Lipinski definition) is 5. The number of methoxy groups -OCH3 is 2. The number of rotatable bonds is 7. The molecule has 148 valence electrons. The predicted octanol–water partition coefficient (Wildman–Crippen LogP) is 3.27. The van der Waals surface area contributed by atoms with Crippen molar-refractivity contribution < 1.29 is 19.1 Å². The third-order valence-corrected chi connectivity index (χ3v) is 4.62. The molecule has 1 heterocycles. The topological polar surface area (TPSA) is 79.9 Å². The van der Waals surface area contributed by atoms with Gasteiger partial charge < -0.3 is 25.0 Å². The van der Waals surface area contributed by atoms with E-state index < -0.39 is 5.91 Å². The van der Waals surface area contributed by atoms with Crippen LogP contribution in [0.5, 0.6) is 11.5 Å². The van der Waals surface area contributed by atoms with E-state index in [1.165, 1.54) is 27.1 Å². The zero-order chi connectivity index (χ0) is 19.9. The highest BCUT2D eigenvalue weighted by molar-refractivity contribution is 6.08. The zero-order valence-electron chi connectivity index (χ0n) is 16.2. The smallest absolute Gasteiger partial charge is 0.233 e. The second-order valence-electron chi connectivity index (χ2n) is 6.58. The summed E-state index contributed by atoms with van der Waals surface area (Å²) in [5.41, 5.74) is 2.27. The lowest BCUT2D eigenvalue weighted by Crippen LogP contribution is -2.22. The van der Waals surface area contributed by atoms with Crippen molar-refractivity contribution in [2.75, 3.05) is 42.8 Å². The molecule has 2 aromatic carbocycles. The minimum absolute atomic E-state index is 0.297. The molecule has 0 spiro atoms. The Morgan fingerprint density at radius 1 is 0.929 bits per heavy atom. The molecule has 0 aliphatic carbocycles. The SMILES string of the molecule is COc1ccc(OC)c(NC(=O)CC(=O)Nc2ccc(N3CCCC3)cc2)c1. The Morgan fingerprint density at radius 2 is 1.61 bits per heavy atom. The third-order valence-electron chi connectivity index (χ3n) is 4.62. The molecule has 1 aliphatic rings. The highest BCUT2D eigenvalue weighted by Crippen LogP contribution is 2.29. The molecule has 28 heavy (non-hydrogen) atoms. The van der Waals surface area contributed by atoms with Crippen LogP contribution in [0.3, 0.4) is 0 Å². The van der Waals surface area contributed by atoms with E-state index in [0.29, 0.717) is 22.9 Å². The van der Waals surface area contributed by atoms with Gasteiger partial charge in [-0.3, -0.25) is 9.59 Å². The van der Waals surface area contributed by atoms with E-state index in [2.05, 4.69) is 15.5 Å². The fourth-order valence-corrected chi connectivity index (χ4v) is 3.19. The van der Waals surface area contributed by atoms with E-state index in [0.717, 1.165) is 18.8 Å². The Bertz CT molecular complexity index is 830. The van der Waals surface area contributed by atoms with Crippen molar-refractivity contribution in [3.63, 3.8) is 0 Å². The van der Waals surface area contributed by atoms with Crippen LogP contribution in [0.4, 0.5) is 17.1 Å². The fourth-order valence-electron chi connectivity index (χ4n) is 3.19. The van der Waals surface area contributed by atoms with E-state index in [1.54, 1.807) is 18.2 Å². The standard InChI is InChI=1S/C21H25N3O4/c1-27-17-9-10-19(28-2)18(13-17)23-21(26)14-20(25)22-15-5-7-16(8-6-15)24-11-3-4-12-24/h5-10,13H,3-4,11-12,14H2,1-2H3,(H,22,25)(H,23,26). The number of carbonyl (C=O) groups excluding carboxylic acids is 2. The van der Waals surface area contributed by atoms with Crippen LogP contribution in [0.15, 0.2) is 42.5 Å². The molecule has 2 amide bonds. The predicted molar refractivity (Wildman–Crippen MR) is 109 cm³/mol. The number of carbonyl (C=O) groups is 2. The highest BCUT2D eigenvalue weighted by Gasteiger charge is 2.14. The molecule has 7 nitrogen and oxygen atoms in total. The quantitative estimate of drug-likeness (QED) is 0.718. The van der Waals surface area contributed by atoms with Gasteiger partial charge >= 0.3 is 0 Å². The van der Waals surface area contributed by atoms with Gasteiger partial charge in [-0.25, -0.2) is 0 Å². The molecule has 0 unspecified atom stereocenters. The lowest BCUT2D eigenvalue weighted by molar-refractivity contribution is -0.123. The maximum absolute atomic E-state index is 12.2. The minimum Gasteiger partial charge on any atom is -0.497 e. The first-order chi connectivity index (χ1) is 13.6. The molecule has 0 bridgehead atoms. The molecular weight excluding hydrogens is 358 g/mol. The van der Waals surface area contributed by atoms with Crippen LogP contribution in [-0.2, 0) is 9.59 Å². The first kappa shape index (κ1) is 19.5. The monoisotopic (exact) mass is 383 g/mol. The maximum Gasteiger partial charge on any atom is 0.233 e. The number of ether oxygens (including phenoxy) is 2. The average Bonchev–Trinajstić information content (AvgIpc) is 3.23. The minimum atomic E-state index is -0.433. The van der Waals surface area contributed by atoms with Crippen molar-refractivity contribution in [1.29, 1.82) is 0 Å². The molecule has 0 atom stereocenters. The molecule has 3 rings (SSSR count). The molecule has 0 radical (unpaired) electrons. The second-order valence-corrected chi connectivity index (χ2v) is 6.58. The molecular formula is C21H25N3O4. The third kappa shape index (κ3) is 4.94. The van der Waals surface area contributed by atoms with Crippen LogP contribution in [0, 0.1) is 0 Å². The first-order valence-electron chi connectivity index (χ1n) is 9.26. The van der Waals surface area contributed by atoms with Crippen LogP contribution in [-0.4, -0.2) is 39.1 Å². The van der Waals surface area contributed by atoms with E-state index >= 15 is 0 Å². The van der Waals surface area contributed by atoms with Crippen molar-refractivity contribution >= 4 is 28.9 Å². The van der Waals surface area contributed by atoms with Crippen molar-refractivity contribution in [2.24, 2.45) is 0 Å². The van der Waals surface area contributed by atoms with Crippen molar-refractivity contribution in [2.45, 2.75) is 19.3 Å². The van der Waals surface area contributed by atoms with Crippen molar-refractivity contribution in [3.05, 3.63) is 42.5 Å². The van der Waals surface area contributed by atoms with Crippen LogP contribution >= 0.6 is 0 Å². The summed E-state index contributed by atoms with van der Waals surface area (Å²) >= 11 is 0. The van der Waals surface area contributed by atoms with E-state index in [-0.39, 0.29) is 12.3 Å². The first-order valence-corrected chi connectivity index (χ1v) is 9.26. The molecule has 0 saturated carbocycles. The molecule has 1 saturated heterocycles. The van der Waals surface area contributed by atoms with Gasteiger partial charge in [0, 0.05) is 30.5 Å². The van der Waals surface area contributed by atoms with E-state index in [1.807, 2.05) is 24.3 Å². The van der Waals surface area contributed by atoms with Crippen LogP contribution < -0.4 is 25.0 Å². The second kappa shape index (κ2) is 9.12. The number of anilines is 3. The number of amides is 2. The Kier molecular flexibility index (Phi) is 6.37. The van der Waals surface area contributed by atoms with Gasteiger partial charge in [-0.15, -0.1) is 0 Å². The zero-order valence-corrected chi connectivity index (χ0v) is 16.2. The van der Waals surface area contributed by atoms with Crippen molar-refractivity contribution in [3.8, 4) is 11.5 Å². The lowest BCUT2D eigenvalue weighted by Gasteiger charge is -2.17. The Hall–Kier alpha value is -3.22. The molecule has 0 aromatic heterocycles. The molecule has 1 fully saturated rings. The summed E-state index contributed by atoms with van der Waals surface area (Å²) in [6.45, 7) is 2.14. The molecule has 2 N–H and O–H groups in total. The van der Waals surface area contributed by atoms with E-state index in [4.69, 9.17) is 9.47 Å². The normalized spacial score (nSPS) is 13.1. The van der Waals surface area contributed by atoms with Crippen LogP contribution in [0.1, 0.15) is 19.3 Å². The molecule has 1 aliphatic heterocycles. The summed E-state index contributed by atoms with van der Waals surface area (Å²) in [6.07, 6.45) is 2.13. The summed E-state index contributed by atoms with van der Waals surface area (Å²) in [7, 11) is 3.05. The van der Waals surface area contributed by atoms with Gasteiger partial charge in [0.15, 0.2) is 0 Å². The van der Waals surface area contributed by atoms with Crippen LogP contribution in [0.25, 0.3) is 0 Å². The number of nitrogens with zero attached hydrogens (tertiary/aromatic N) is 1. The van der Waals surface area contributed by atoms with Gasteiger partial charge in [0.25, 0.3) is 0 Å². The van der Waals surface area contributed by atoms with E-state index in [9.17, 15) is 9.59 Å². The number of hydrogen-bond donors (Lipinski definition) is 2. The van der Waals surface area contributed by atoms with Gasteiger partial charge in [-0.1, -0.05) is 0 Å². The summed E-state index contributed by atoms with van der Waals surface area (Å²) in [5.74, 6) is 0.261. The average molecular weight is 383 g/mol. The lowest BCUT2D eigenvalue weighted by atomic mass is 10.2. The number of benzene rings is 2. The van der Waals surface area contributed by atoms with Gasteiger partial charge in [0.1, 0.15) is 17.9 Å². The van der Waals surface area contributed by atoms with Crippen LogP contribution in [0.2, 0.25) is 0 Å². The molecule has 7 heteroatoms. The maximum atomic E-state index is 12.2. The van der Waals surface area contributed by atoms with Gasteiger partial charge in [0.05, 0.1) is 19.9 Å². The Balaban J connectivity index is 1.55. The summed E-state index contributed by atoms with van der Waals surface area (Å²) < 4.78 is 10.4. The fraction of sp³-hybridized carbons (Fsp3) is 0.333. The summed E-state index contributed by atoms with van der Waals surface area (Å²) in [4.78, 5) is 26.7. The highest BCUT2D eigenvalue weighted by atomic mass is 16.5. The number of nitrogens with one attached hydrogen (secondary N) is 2. The van der Waals surface area contributed by atoms with Gasteiger partial charge in [-0.05, 0) is 49.2 Å².